The monoisotopic (exact) mass is 332 g/mol. The number of nitrogens with one attached hydrogen (secondary N) is 2. The van der Waals surface area contributed by atoms with Gasteiger partial charge in [-0.15, -0.1) is 12.4 Å². The molecule has 2 N–H and O–H groups in total. The second-order valence-electron chi connectivity index (χ2n) is 5.29. The van der Waals surface area contributed by atoms with Crippen molar-refractivity contribution < 1.29 is 8.42 Å². The van der Waals surface area contributed by atoms with Crippen molar-refractivity contribution in [1.29, 1.82) is 0 Å². The van der Waals surface area contributed by atoms with Crippen LogP contribution >= 0.6 is 12.4 Å². The average Bonchev–Trinajstić information content (AvgIpc) is 2.46. The van der Waals surface area contributed by atoms with Crippen LogP contribution in [-0.4, -0.2) is 28.1 Å². The van der Waals surface area contributed by atoms with Gasteiger partial charge in [-0.3, -0.25) is 0 Å². The van der Waals surface area contributed by atoms with Gasteiger partial charge in [0.15, 0.2) is 0 Å². The maximum absolute atomic E-state index is 12.2. The number of aryl methyl sites for hydroxylation is 2. The molecule has 0 saturated heterocycles. The first-order valence-electron chi connectivity index (χ1n) is 7.45. The first-order chi connectivity index (χ1) is 9.63. The molecule has 0 unspecified atom stereocenters. The first kappa shape index (κ1) is 18.4. The molecule has 1 aliphatic carbocycles. The van der Waals surface area contributed by atoms with Crippen LogP contribution in [0.1, 0.15) is 37.3 Å². The molecule has 0 fully saturated rings. The lowest BCUT2D eigenvalue weighted by Crippen LogP contribution is -2.32. The topological polar surface area (TPSA) is 58.2 Å². The summed E-state index contributed by atoms with van der Waals surface area (Å²) in [6.45, 7) is 4.10. The van der Waals surface area contributed by atoms with E-state index in [0.717, 1.165) is 32.2 Å². The molecule has 0 amide bonds. The lowest BCUT2D eigenvalue weighted by Gasteiger charge is -2.16. The number of benzene rings is 1. The van der Waals surface area contributed by atoms with E-state index in [-0.39, 0.29) is 12.4 Å². The summed E-state index contributed by atoms with van der Waals surface area (Å²) in [5.41, 5.74) is 2.50. The summed E-state index contributed by atoms with van der Waals surface area (Å²) in [5, 5.41) is 3.18. The zero-order chi connectivity index (χ0) is 14.4. The van der Waals surface area contributed by atoms with Gasteiger partial charge in [-0.05, 0) is 61.9 Å². The summed E-state index contributed by atoms with van der Waals surface area (Å²) in [5.74, 6) is 0. The van der Waals surface area contributed by atoms with E-state index in [1.54, 1.807) is 6.07 Å². The Hall–Kier alpha value is -0.620. The molecule has 0 bridgehead atoms. The highest BCUT2D eigenvalue weighted by molar-refractivity contribution is 7.89. The third-order valence-electron chi connectivity index (χ3n) is 3.65. The van der Waals surface area contributed by atoms with Crippen molar-refractivity contribution in [2.45, 2.75) is 43.9 Å². The molecule has 0 atom stereocenters. The predicted octanol–water partition coefficient (Wildman–Crippen LogP) is 2.27. The summed E-state index contributed by atoms with van der Waals surface area (Å²) in [4.78, 5) is 0.397. The molecule has 120 valence electrons. The predicted molar refractivity (Wildman–Crippen MR) is 88.7 cm³/mol. The standard InChI is InChI=1S/C15H24N2O2S.ClH/c1-2-9-16-10-11-17-20(18,19)15-8-7-13-5-3-4-6-14(13)12-15;/h7-8,12,16-17H,2-6,9-11H2,1H3;1H. The van der Waals surface area contributed by atoms with Crippen LogP contribution in [0.2, 0.25) is 0 Å². The van der Waals surface area contributed by atoms with E-state index >= 15 is 0 Å². The molecule has 0 spiro atoms. The zero-order valence-corrected chi connectivity index (χ0v) is 14.2. The van der Waals surface area contributed by atoms with Crippen LogP contribution in [0.15, 0.2) is 23.1 Å². The minimum absolute atomic E-state index is 0. The lowest BCUT2D eigenvalue weighted by atomic mass is 9.92. The first-order valence-corrected chi connectivity index (χ1v) is 8.94. The molecule has 0 heterocycles. The Balaban J connectivity index is 0.00000220. The Morgan fingerprint density at radius 3 is 2.48 bits per heavy atom. The fourth-order valence-corrected chi connectivity index (χ4v) is 3.62. The van der Waals surface area contributed by atoms with Crippen LogP contribution in [0, 0.1) is 0 Å². The number of sulfonamides is 1. The van der Waals surface area contributed by atoms with Crippen LogP contribution in [-0.2, 0) is 22.9 Å². The van der Waals surface area contributed by atoms with Gasteiger partial charge >= 0.3 is 0 Å². The molecular weight excluding hydrogens is 308 g/mol. The van der Waals surface area contributed by atoms with Gasteiger partial charge in [0.1, 0.15) is 0 Å². The van der Waals surface area contributed by atoms with Crippen LogP contribution in [0.4, 0.5) is 0 Å². The largest absolute Gasteiger partial charge is 0.315 e. The van der Waals surface area contributed by atoms with Crippen molar-refractivity contribution in [2.75, 3.05) is 19.6 Å². The third-order valence-corrected chi connectivity index (χ3v) is 5.11. The van der Waals surface area contributed by atoms with E-state index in [1.807, 2.05) is 12.1 Å². The molecule has 1 aromatic carbocycles. The number of halogens is 1. The average molecular weight is 333 g/mol. The van der Waals surface area contributed by atoms with Crippen molar-refractivity contribution in [2.24, 2.45) is 0 Å². The Morgan fingerprint density at radius 2 is 1.76 bits per heavy atom. The Labute approximate surface area is 134 Å². The second-order valence-corrected chi connectivity index (χ2v) is 7.05. The molecule has 1 aliphatic rings. The van der Waals surface area contributed by atoms with Gasteiger partial charge in [0.2, 0.25) is 10.0 Å². The molecule has 2 rings (SSSR count). The highest BCUT2D eigenvalue weighted by atomic mass is 35.5. The van der Waals surface area contributed by atoms with Crippen molar-refractivity contribution in [1.82, 2.24) is 10.0 Å². The summed E-state index contributed by atoms with van der Waals surface area (Å²) in [6.07, 6.45) is 5.49. The van der Waals surface area contributed by atoms with Gasteiger partial charge in [0.25, 0.3) is 0 Å². The van der Waals surface area contributed by atoms with Crippen LogP contribution in [0.25, 0.3) is 0 Å². The van der Waals surface area contributed by atoms with Gasteiger partial charge in [-0.25, -0.2) is 13.1 Å². The van der Waals surface area contributed by atoms with Gasteiger partial charge in [-0.1, -0.05) is 13.0 Å². The summed E-state index contributed by atoms with van der Waals surface area (Å²) in [7, 11) is -3.37. The minimum Gasteiger partial charge on any atom is -0.315 e. The van der Waals surface area contributed by atoms with Crippen LogP contribution in [0.5, 0.6) is 0 Å². The van der Waals surface area contributed by atoms with Gasteiger partial charge < -0.3 is 5.32 Å². The highest BCUT2D eigenvalue weighted by Crippen LogP contribution is 2.23. The SMILES string of the molecule is CCCNCCNS(=O)(=O)c1ccc2c(c1)CCCC2.Cl. The van der Waals surface area contributed by atoms with Crippen molar-refractivity contribution in [3.05, 3.63) is 29.3 Å². The van der Waals surface area contributed by atoms with E-state index in [2.05, 4.69) is 17.0 Å². The lowest BCUT2D eigenvalue weighted by molar-refractivity contribution is 0.575. The summed E-state index contributed by atoms with van der Waals surface area (Å²) < 4.78 is 27.1. The smallest absolute Gasteiger partial charge is 0.240 e. The summed E-state index contributed by atoms with van der Waals surface area (Å²) >= 11 is 0. The highest BCUT2D eigenvalue weighted by Gasteiger charge is 2.17. The second kappa shape index (κ2) is 8.73. The van der Waals surface area contributed by atoms with E-state index in [1.165, 1.54) is 17.5 Å². The molecule has 0 saturated carbocycles. The molecule has 0 aromatic heterocycles. The van der Waals surface area contributed by atoms with Gasteiger partial charge in [0.05, 0.1) is 4.90 Å². The summed E-state index contributed by atoms with van der Waals surface area (Å²) in [6, 6.07) is 5.54. The fraction of sp³-hybridized carbons (Fsp3) is 0.600. The van der Waals surface area contributed by atoms with Crippen LogP contribution in [0.3, 0.4) is 0 Å². The Kier molecular flexibility index (Phi) is 7.66. The third kappa shape index (κ3) is 5.25. The molecular formula is C15H25ClN2O2S. The molecule has 0 radical (unpaired) electrons. The maximum Gasteiger partial charge on any atom is 0.240 e. The maximum atomic E-state index is 12.2. The van der Waals surface area contributed by atoms with Gasteiger partial charge in [0, 0.05) is 13.1 Å². The van der Waals surface area contributed by atoms with Crippen molar-refractivity contribution in [3.63, 3.8) is 0 Å². The Morgan fingerprint density at radius 1 is 1.05 bits per heavy atom. The van der Waals surface area contributed by atoms with Crippen LogP contribution < -0.4 is 10.0 Å². The van der Waals surface area contributed by atoms with E-state index in [4.69, 9.17) is 0 Å². The van der Waals surface area contributed by atoms with Crippen molar-refractivity contribution >= 4 is 22.4 Å². The molecule has 4 nitrogen and oxygen atoms in total. The number of hydrogen-bond donors (Lipinski definition) is 2. The molecule has 21 heavy (non-hydrogen) atoms. The number of rotatable bonds is 7. The number of hydrogen-bond acceptors (Lipinski definition) is 3. The molecule has 1 aromatic rings. The van der Waals surface area contributed by atoms with Crippen molar-refractivity contribution in [3.8, 4) is 0 Å². The number of fused-ring (bicyclic) bond motifs is 1. The van der Waals surface area contributed by atoms with Gasteiger partial charge in [-0.2, -0.15) is 0 Å². The van der Waals surface area contributed by atoms with E-state index < -0.39 is 10.0 Å². The fourth-order valence-electron chi connectivity index (χ4n) is 2.54. The van der Waals surface area contributed by atoms with E-state index in [9.17, 15) is 8.42 Å². The minimum atomic E-state index is -3.37. The zero-order valence-electron chi connectivity index (χ0n) is 12.5. The quantitative estimate of drug-likeness (QED) is 0.753. The Bertz CT molecular complexity index is 547. The normalized spacial score (nSPS) is 14.3. The molecule has 0 aliphatic heterocycles. The molecule has 6 heteroatoms. The van der Waals surface area contributed by atoms with E-state index in [0.29, 0.717) is 18.0 Å².